The van der Waals surface area contributed by atoms with Crippen LogP contribution in [0.3, 0.4) is 0 Å². The maximum Gasteiger partial charge on any atom is 0.410 e. The van der Waals surface area contributed by atoms with Crippen LogP contribution in [0, 0.1) is 19.7 Å². The van der Waals surface area contributed by atoms with Crippen LogP contribution in [0.15, 0.2) is 12.1 Å². The molecule has 1 atom stereocenters. The van der Waals surface area contributed by atoms with Crippen LogP contribution in [0.2, 0.25) is 0 Å². The zero-order chi connectivity index (χ0) is 20.1. The highest BCUT2D eigenvalue weighted by molar-refractivity contribution is 5.69. The summed E-state index contributed by atoms with van der Waals surface area (Å²) in [5.74, 6) is -0.0694. The number of nitrogens with two attached hydrogens (primary N) is 1. The summed E-state index contributed by atoms with van der Waals surface area (Å²) in [6, 6.07) is 3.21. The topological polar surface area (TPSA) is 73.4 Å². The van der Waals surface area contributed by atoms with Crippen molar-refractivity contribution in [2.24, 2.45) is 0 Å². The normalized spacial score (nSPS) is 17.0. The van der Waals surface area contributed by atoms with Gasteiger partial charge in [0.25, 0.3) is 0 Å². The van der Waals surface area contributed by atoms with Crippen molar-refractivity contribution in [3.05, 3.63) is 40.3 Å². The molecule has 27 heavy (non-hydrogen) atoms. The largest absolute Gasteiger partial charge is 0.444 e. The van der Waals surface area contributed by atoms with Crippen molar-refractivity contribution in [3.63, 3.8) is 0 Å². The van der Waals surface area contributed by atoms with Crippen LogP contribution in [0.5, 0.6) is 0 Å². The third kappa shape index (κ3) is 3.61. The van der Waals surface area contributed by atoms with E-state index in [1.165, 1.54) is 9.58 Å². The Kier molecular flexibility index (Phi) is 4.61. The second kappa shape index (κ2) is 6.51. The molecule has 0 bridgehead atoms. The number of benzene rings is 1. The third-order valence-corrected chi connectivity index (χ3v) is 4.40. The molecule has 1 aromatic carbocycles. The molecule has 8 heteroatoms. The van der Waals surface area contributed by atoms with E-state index in [0.717, 1.165) is 0 Å². The van der Waals surface area contributed by atoms with Gasteiger partial charge in [0.15, 0.2) is 6.17 Å². The van der Waals surface area contributed by atoms with Gasteiger partial charge in [-0.25, -0.2) is 18.3 Å². The van der Waals surface area contributed by atoms with Gasteiger partial charge in [-0.1, -0.05) is 0 Å². The first kappa shape index (κ1) is 19.1. The Balaban J connectivity index is 1.97. The Morgan fingerprint density at radius 1 is 1.30 bits per heavy atom. The molecule has 0 saturated carbocycles. The summed E-state index contributed by atoms with van der Waals surface area (Å²) in [7, 11) is 0. The maximum absolute atomic E-state index is 14.7. The number of hydrogen-bond donors (Lipinski definition) is 1. The number of anilines is 1. The lowest BCUT2D eigenvalue weighted by Crippen LogP contribution is -2.40. The number of nitrogen functional groups attached to an aromatic ring is 1. The van der Waals surface area contributed by atoms with Crippen LogP contribution >= 0.6 is 0 Å². The molecule has 2 aromatic rings. The van der Waals surface area contributed by atoms with Crippen LogP contribution in [0.25, 0.3) is 5.69 Å². The Labute approximate surface area is 156 Å². The summed E-state index contributed by atoms with van der Waals surface area (Å²) >= 11 is 0. The number of amides is 1. The van der Waals surface area contributed by atoms with Gasteiger partial charge >= 0.3 is 6.09 Å². The van der Waals surface area contributed by atoms with Crippen molar-refractivity contribution < 1.29 is 18.3 Å². The average molecular weight is 378 g/mol. The van der Waals surface area contributed by atoms with Gasteiger partial charge in [-0.05, 0) is 57.9 Å². The monoisotopic (exact) mass is 378 g/mol. The van der Waals surface area contributed by atoms with Gasteiger partial charge in [-0.2, -0.15) is 5.10 Å². The van der Waals surface area contributed by atoms with Crippen molar-refractivity contribution >= 4 is 11.9 Å². The average Bonchev–Trinajstić information content (AvgIpc) is 2.88. The fourth-order valence-electron chi connectivity index (χ4n) is 3.14. The number of halogens is 2. The third-order valence-electron chi connectivity index (χ3n) is 4.40. The lowest BCUT2D eigenvalue weighted by molar-refractivity contribution is 0.0158. The Bertz CT molecular complexity index is 879. The molecule has 0 spiro atoms. The van der Waals surface area contributed by atoms with Crippen LogP contribution in [0.4, 0.5) is 19.4 Å². The number of nitrogens with zero attached hydrogens (tertiary/aromatic N) is 3. The van der Waals surface area contributed by atoms with Crippen molar-refractivity contribution in [1.29, 1.82) is 0 Å². The minimum atomic E-state index is -1.48. The van der Waals surface area contributed by atoms with Crippen molar-refractivity contribution in [2.45, 2.75) is 52.9 Å². The minimum Gasteiger partial charge on any atom is -0.444 e. The molecule has 146 valence electrons. The van der Waals surface area contributed by atoms with E-state index in [1.54, 1.807) is 46.8 Å². The fraction of sp³-hybridized carbons (Fsp3) is 0.474. The molecule has 1 aliphatic rings. The molecule has 0 aliphatic carbocycles. The molecule has 3 rings (SSSR count). The molecule has 0 saturated heterocycles. The predicted molar refractivity (Wildman–Crippen MR) is 97.9 cm³/mol. The SMILES string of the molecule is Cc1cc(-n2nc3c(c2N)CN(C(=O)OC(C)(C)C)C[C@@H]3F)cc(C)c1F. The molecule has 2 heterocycles. The highest BCUT2D eigenvalue weighted by Crippen LogP contribution is 2.34. The number of aromatic nitrogens is 2. The molecule has 6 nitrogen and oxygen atoms in total. The number of fused-ring (bicyclic) bond motifs is 1. The summed E-state index contributed by atoms with van der Waals surface area (Å²) in [6.07, 6.45) is -2.08. The molecular weight excluding hydrogens is 354 g/mol. The summed E-state index contributed by atoms with van der Waals surface area (Å²) in [4.78, 5) is 13.6. The quantitative estimate of drug-likeness (QED) is 0.815. The smallest absolute Gasteiger partial charge is 0.410 e. The number of carbonyl (C=O) groups excluding carboxylic acids is 1. The van der Waals surface area contributed by atoms with E-state index in [1.807, 2.05) is 0 Å². The number of aryl methyl sites for hydroxylation is 2. The van der Waals surface area contributed by atoms with Crippen LogP contribution in [-0.4, -0.2) is 32.9 Å². The molecule has 0 radical (unpaired) electrons. The van der Waals surface area contributed by atoms with E-state index in [2.05, 4.69) is 5.10 Å². The van der Waals surface area contributed by atoms with Gasteiger partial charge in [0.05, 0.1) is 18.8 Å². The summed E-state index contributed by atoms with van der Waals surface area (Å²) in [5.41, 5.74) is 7.62. The van der Waals surface area contributed by atoms with Crippen LogP contribution in [0.1, 0.15) is 49.3 Å². The van der Waals surface area contributed by atoms with Gasteiger partial charge in [-0.15, -0.1) is 0 Å². The maximum atomic E-state index is 14.7. The highest BCUT2D eigenvalue weighted by atomic mass is 19.1. The minimum absolute atomic E-state index is 0.107. The van der Waals surface area contributed by atoms with E-state index in [0.29, 0.717) is 22.4 Å². The van der Waals surface area contributed by atoms with Gasteiger partial charge in [0.2, 0.25) is 0 Å². The van der Waals surface area contributed by atoms with E-state index in [9.17, 15) is 13.6 Å². The van der Waals surface area contributed by atoms with E-state index in [4.69, 9.17) is 10.5 Å². The fourth-order valence-corrected chi connectivity index (χ4v) is 3.14. The first-order valence-corrected chi connectivity index (χ1v) is 8.74. The lowest BCUT2D eigenvalue weighted by atomic mass is 10.1. The zero-order valence-electron chi connectivity index (χ0n) is 16.1. The van der Waals surface area contributed by atoms with Gasteiger partial charge in [0.1, 0.15) is 22.9 Å². The number of carbonyl (C=O) groups is 1. The molecule has 1 aromatic heterocycles. The zero-order valence-corrected chi connectivity index (χ0v) is 16.1. The summed E-state index contributed by atoms with van der Waals surface area (Å²) < 4.78 is 35.3. The molecule has 1 amide bonds. The Morgan fingerprint density at radius 2 is 1.89 bits per heavy atom. The molecular formula is C19H24F2N4O2. The van der Waals surface area contributed by atoms with Crippen molar-refractivity contribution in [3.8, 4) is 5.69 Å². The Hall–Kier alpha value is -2.64. The molecule has 1 aliphatic heterocycles. The number of ether oxygens (including phenoxy) is 1. The van der Waals surface area contributed by atoms with Crippen LogP contribution in [-0.2, 0) is 11.3 Å². The van der Waals surface area contributed by atoms with Gasteiger partial charge < -0.3 is 15.4 Å². The number of alkyl halides is 1. The van der Waals surface area contributed by atoms with E-state index >= 15 is 0 Å². The number of hydrogen-bond acceptors (Lipinski definition) is 4. The second-order valence-corrected chi connectivity index (χ2v) is 7.88. The van der Waals surface area contributed by atoms with Crippen molar-refractivity contribution in [1.82, 2.24) is 14.7 Å². The highest BCUT2D eigenvalue weighted by Gasteiger charge is 2.35. The number of rotatable bonds is 1. The summed E-state index contributed by atoms with van der Waals surface area (Å²) in [6.45, 7) is 8.49. The van der Waals surface area contributed by atoms with Crippen LogP contribution < -0.4 is 5.73 Å². The summed E-state index contributed by atoms with van der Waals surface area (Å²) in [5, 5.41) is 4.30. The predicted octanol–water partition coefficient (Wildman–Crippen LogP) is 3.97. The molecule has 0 fully saturated rings. The molecule has 0 unspecified atom stereocenters. The van der Waals surface area contributed by atoms with Gasteiger partial charge in [0, 0.05) is 5.56 Å². The molecule has 2 N–H and O–H groups in total. The van der Waals surface area contributed by atoms with E-state index in [-0.39, 0.29) is 30.4 Å². The Morgan fingerprint density at radius 3 is 2.44 bits per heavy atom. The van der Waals surface area contributed by atoms with Gasteiger partial charge in [-0.3, -0.25) is 0 Å². The lowest BCUT2D eigenvalue weighted by Gasteiger charge is -2.31. The first-order valence-electron chi connectivity index (χ1n) is 8.74. The second-order valence-electron chi connectivity index (χ2n) is 7.88. The van der Waals surface area contributed by atoms with Crippen molar-refractivity contribution in [2.75, 3.05) is 12.3 Å². The van der Waals surface area contributed by atoms with E-state index < -0.39 is 17.9 Å². The standard InChI is InChI=1S/C19H24F2N4O2/c1-10-6-12(7-11(2)15(10)21)25-17(22)13-8-24(9-14(20)16(13)23-25)18(26)27-19(3,4)5/h6-7,14H,8-9,22H2,1-5H3/t14-/m0/s1. The first-order chi connectivity index (χ1) is 12.5.